The van der Waals surface area contributed by atoms with Crippen LogP contribution < -0.4 is 5.32 Å². The number of halogens is 1. The molecule has 0 fully saturated rings. The summed E-state index contributed by atoms with van der Waals surface area (Å²) in [6.07, 6.45) is 4.64. The van der Waals surface area contributed by atoms with Gasteiger partial charge in [-0.2, -0.15) is 0 Å². The number of hydrogen-bond acceptors (Lipinski definition) is 2. The highest BCUT2D eigenvalue weighted by Gasteiger charge is 2.07. The summed E-state index contributed by atoms with van der Waals surface area (Å²) in [5.41, 5.74) is 1.00. The Morgan fingerprint density at radius 2 is 2.05 bits per heavy atom. The number of amides is 1. The van der Waals surface area contributed by atoms with Crippen LogP contribution in [0.5, 0.6) is 0 Å². The van der Waals surface area contributed by atoms with Crippen LogP contribution in [0.1, 0.15) is 24.3 Å². The van der Waals surface area contributed by atoms with Crippen molar-refractivity contribution < 1.29 is 9.21 Å². The van der Waals surface area contributed by atoms with E-state index in [1.165, 1.54) is 6.08 Å². The summed E-state index contributed by atoms with van der Waals surface area (Å²) < 4.78 is 5.11. The van der Waals surface area contributed by atoms with Crippen molar-refractivity contribution in [3.05, 3.63) is 65.1 Å². The monoisotopic (exact) mass is 275 g/mol. The third kappa shape index (κ3) is 4.00. The first-order chi connectivity index (χ1) is 9.15. The van der Waals surface area contributed by atoms with Crippen LogP contribution in [0, 0.1) is 0 Å². The molecule has 4 heteroatoms. The van der Waals surface area contributed by atoms with Crippen LogP contribution in [-0.4, -0.2) is 5.91 Å². The first kappa shape index (κ1) is 13.4. The molecule has 0 aliphatic rings. The number of furan rings is 1. The van der Waals surface area contributed by atoms with E-state index in [-0.39, 0.29) is 11.9 Å². The van der Waals surface area contributed by atoms with E-state index in [4.69, 9.17) is 16.0 Å². The van der Waals surface area contributed by atoms with E-state index < -0.39 is 0 Å². The van der Waals surface area contributed by atoms with Gasteiger partial charge in [0.25, 0.3) is 0 Å². The zero-order valence-corrected chi connectivity index (χ0v) is 11.2. The number of carbonyl (C=O) groups is 1. The second-order valence-electron chi connectivity index (χ2n) is 4.13. The molecule has 1 aromatic carbocycles. The van der Waals surface area contributed by atoms with E-state index in [2.05, 4.69) is 5.32 Å². The zero-order valence-electron chi connectivity index (χ0n) is 10.5. The van der Waals surface area contributed by atoms with E-state index in [1.807, 2.05) is 19.1 Å². The smallest absolute Gasteiger partial charge is 0.244 e. The lowest BCUT2D eigenvalue weighted by atomic mass is 10.1. The quantitative estimate of drug-likeness (QED) is 0.862. The van der Waals surface area contributed by atoms with Crippen molar-refractivity contribution in [1.82, 2.24) is 5.32 Å². The van der Waals surface area contributed by atoms with Gasteiger partial charge in [0.15, 0.2) is 0 Å². The van der Waals surface area contributed by atoms with Gasteiger partial charge < -0.3 is 9.73 Å². The molecule has 0 saturated carbocycles. The Labute approximate surface area is 116 Å². The molecular weight excluding hydrogens is 262 g/mol. The average molecular weight is 276 g/mol. The van der Waals surface area contributed by atoms with E-state index >= 15 is 0 Å². The van der Waals surface area contributed by atoms with Crippen LogP contribution in [0.4, 0.5) is 0 Å². The molecular formula is C15H14ClNO2. The highest BCUT2D eigenvalue weighted by atomic mass is 35.5. The Morgan fingerprint density at radius 1 is 1.32 bits per heavy atom. The molecule has 1 N–H and O–H groups in total. The van der Waals surface area contributed by atoms with Crippen LogP contribution in [0.2, 0.25) is 5.02 Å². The standard InChI is InChI=1S/C15H14ClNO2/c1-11(12-4-6-13(16)7-5-12)17-15(18)9-8-14-3-2-10-19-14/h2-11H,1H3,(H,17,18)/b9-8+. The molecule has 0 spiro atoms. The molecule has 3 nitrogen and oxygen atoms in total. The van der Waals surface area contributed by atoms with Crippen molar-refractivity contribution in [3.63, 3.8) is 0 Å². The normalized spacial score (nSPS) is 12.5. The van der Waals surface area contributed by atoms with Gasteiger partial charge >= 0.3 is 0 Å². The first-order valence-corrected chi connectivity index (χ1v) is 6.30. The van der Waals surface area contributed by atoms with Crippen LogP contribution >= 0.6 is 11.6 Å². The zero-order chi connectivity index (χ0) is 13.7. The minimum Gasteiger partial charge on any atom is -0.465 e. The topological polar surface area (TPSA) is 42.2 Å². The molecule has 1 heterocycles. The van der Waals surface area contributed by atoms with Gasteiger partial charge in [0.1, 0.15) is 5.76 Å². The molecule has 0 aliphatic carbocycles. The van der Waals surface area contributed by atoms with Crippen molar-refractivity contribution in [2.24, 2.45) is 0 Å². The summed E-state index contributed by atoms with van der Waals surface area (Å²) in [6.45, 7) is 1.92. The van der Waals surface area contributed by atoms with Gasteiger partial charge in [-0.15, -0.1) is 0 Å². The number of rotatable bonds is 4. The minimum absolute atomic E-state index is 0.0778. The van der Waals surface area contributed by atoms with Crippen molar-refractivity contribution in [3.8, 4) is 0 Å². The summed E-state index contributed by atoms with van der Waals surface area (Å²) in [5.74, 6) is 0.480. The molecule has 0 saturated heterocycles. The summed E-state index contributed by atoms with van der Waals surface area (Å²) in [7, 11) is 0. The number of benzene rings is 1. The lowest BCUT2D eigenvalue weighted by molar-refractivity contribution is -0.117. The Morgan fingerprint density at radius 3 is 2.68 bits per heavy atom. The van der Waals surface area contributed by atoms with Crippen LogP contribution in [0.3, 0.4) is 0 Å². The van der Waals surface area contributed by atoms with E-state index in [1.54, 1.807) is 36.6 Å². The van der Waals surface area contributed by atoms with Gasteiger partial charge in [0, 0.05) is 11.1 Å². The second-order valence-corrected chi connectivity index (χ2v) is 4.57. The van der Waals surface area contributed by atoms with E-state index in [9.17, 15) is 4.79 Å². The van der Waals surface area contributed by atoms with Crippen molar-refractivity contribution >= 4 is 23.6 Å². The molecule has 2 aromatic rings. The summed E-state index contributed by atoms with van der Waals surface area (Å²) >= 11 is 5.82. The molecule has 1 unspecified atom stereocenters. The Hall–Kier alpha value is -2.00. The molecule has 1 aromatic heterocycles. The van der Waals surface area contributed by atoms with Gasteiger partial charge in [-0.1, -0.05) is 23.7 Å². The molecule has 0 bridgehead atoms. The van der Waals surface area contributed by atoms with Gasteiger partial charge in [-0.05, 0) is 42.8 Å². The molecule has 0 radical (unpaired) electrons. The Bertz CT molecular complexity index is 558. The third-order valence-electron chi connectivity index (χ3n) is 2.67. The highest BCUT2D eigenvalue weighted by Crippen LogP contribution is 2.16. The third-order valence-corrected chi connectivity index (χ3v) is 2.92. The van der Waals surface area contributed by atoms with Gasteiger partial charge in [0.05, 0.1) is 12.3 Å². The Balaban J connectivity index is 1.93. The van der Waals surface area contributed by atoms with Gasteiger partial charge in [0.2, 0.25) is 5.91 Å². The van der Waals surface area contributed by atoms with Crippen molar-refractivity contribution in [1.29, 1.82) is 0 Å². The maximum atomic E-state index is 11.7. The predicted octanol–water partition coefficient (Wildman–Crippen LogP) is 3.82. The number of hydrogen-bond donors (Lipinski definition) is 1. The lowest BCUT2D eigenvalue weighted by Gasteiger charge is -2.12. The predicted molar refractivity (Wildman–Crippen MR) is 75.8 cm³/mol. The van der Waals surface area contributed by atoms with E-state index in [0.29, 0.717) is 10.8 Å². The van der Waals surface area contributed by atoms with Crippen molar-refractivity contribution in [2.45, 2.75) is 13.0 Å². The lowest BCUT2D eigenvalue weighted by Crippen LogP contribution is -2.24. The summed E-state index contributed by atoms with van der Waals surface area (Å²) in [5, 5.41) is 3.55. The molecule has 98 valence electrons. The fraction of sp³-hybridized carbons (Fsp3) is 0.133. The summed E-state index contributed by atoms with van der Waals surface area (Å²) in [4.78, 5) is 11.7. The molecule has 2 rings (SSSR count). The fourth-order valence-electron chi connectivity index (χ4n) is 1.64. The SMILES string of the molecule is CC(NC(=O)/C=C/c1ccco1)c1ccc(Cl)cc1. The second kappa shape index (κ2) is 6.25. The average Bonchev–Trinajstić information content (AvgIpc) is 2.90. The Kier molecular flexibility index (Phi) is 4.42. The van der Waals surface area contributed by atoms with Gasteiger partial charge in [-0.3, -0.25) is 4.79 Å². The van der Waals surface area contributed by atoms with Gasteiger partial charge in [-0.25, -0.2) is 0 Å². The minimum atomic E-state index is -0.168. The molecule has 1 amide bonds. The summed E-state index contributed by atoms with van der Waals surface area (Å²) in [6, 6.07) is 10.9. The first-order valence-electron chi connectivity index (χ1n) is 5.93. The maximum absolute atomic E-state index is 11.7. The largest absolute Gasteiger partial charge is 0.465 e. The highest BCUT2D eigenvalue weighted by molar-refractivity contribution is 6.30. The molecule has 19 heavy (non-hydrogen) atoms. The number of carbonyl (C=O) groups excluding carboxylic acids is 1. The van der Waals surface area contributed by atoms with E-state index in [0.717, 1.165) is 5.56 Å². The van der Waals surface area contributed by atoms with Crippen molar-refractivity contribution in [2.75, 3.05) is 0 Å². The maximum Gasteiger partial charge on any atom is 0.244 e. The van der Waals surface area contributed by atoms with Crippen LogP contribution in [0.15, 0.2) is 53.2 Å². The molecule has 1 atom stereocenters. The molecule has 0 aliphatic heterocycles. The fourth-order valence-corrected chi connectivity index (χ4v) is 1.77. The van der Waals surface area contributed by atoms with Crippen LogP contribution in [0.25, 0.3) is 6.08 Å². The number of nitrogens with one attached hydrogen (secondary N) is 1. The van der Waals surface area contributed by atoms with Crippen LogP contribution in [-0.2, 0) is 4.79 Å².